The highest BCUT2D eigenvalue weighted by Crippen LogP contribution is 2.32. The van der Waals surface area contributed by atoms with Crippen molar-refractivity contribution < 1.29 is 9.59 Å². The van der Waals surface area contributed by atoms with Gasteiger partial charge in [0.1, 0.15) is 5.92 Å². The number of ketones is 1. The first-order valence-corrected chi connectivity index (χ1v) is 12.0. The lowest BCUT2D eigenvalue weighted by Gasteiger charge is -2.17. The summed E-state index contributed by atoms with van der Waals surface area (Å²) in [6.07, 6.45) is 3.92. The molecule has 0 fully saturated rings. The molecule has 4 aromatic rings. The number of aromatic nitrogens is 2. The van der Waals surface area contributed by atoms with E-state index in [1.165, 1.54) is 5.01 Å². The monoisotopic (exact) mass is 476 g/mol. The number of amides is 1. The zero-order chi connectivity index (χ0) is 25.4. The van der Waals surface area contributed by atoms with Gasteiger partial charge in [-0.25, -0.2) is 0 Å². The second-order valence-corrected chi connectivity index (χ2v) is 9.34. The summed E-state index contributed by atoms with van der Waals surface area (Å²) in [6.45, 7) is 5.78. The Hall–Kier alpha value is -4.32. The normalized spacial score (nSPS) is 15.3. The Labute approximate surface area is 210 Å². The van der Waals surface area contributed by atoms with Crippen LogP contribution >= 0.6 is 0 Å². The number of benzene rings is 2. The first-order valence-electron chi connectivity index (χ1n) is 12.0. The Morgan fingerprint density at radius 2 is 1.78 bits per heavy atom. The number of hydrogen-bond donors (Lipinski definition) is 0. The summed E-state index contributed by atoms with van der Waals surface area (Å²) in [5.74, 6) is -1.35. The fourth-order valence-electron chi connectivity index (χ4n) is 4.79. The molecule has 1 aliphatic rings. The van der Waals surface area contributed by atoms with E-state index < -0.39 is 5.92 Å². The van der Waals surface area contributed by atoms with Gasteiger partial charge in [0.2, 0.25) is 0 Å². The number of pyridine rings is 1. The second-order valence-electron chi connectivity index (χ2n) is 9.34. The molecule has 3 heterocycles. The first-order chi connectivity index (χ1) is 17.3. The molecular formula is C30H28N4O2. The molecule has 0 bridgehead atoms. The minimum absolute atomic E-state index is 0.152. The van der Waals surface area contributed by atoms with E-state index in [0.29, 0.717) is 11.4 Å². The van der Waals surface area contributed by atoms with Gasteiger partial charge in [-0.05, 0) is 79.4 Å². The maximum atomic E-state index is 13.4. The number of nitrogens with zero attached hydrogens (tertiary/aromatic N) is 4. The summed E-state index contributed by atoms with van der Waals surface area (Å²) in [5, 5.41) is 5.86. The molecule has 5 rings (SSSR count). The van der Waals surface area contributed by atoms with E-state index in [0.717, 1.165) is 39.2 Å². The van der Waals surface area contributed by atoms with Crippen LogP contribution in [0.2, 0.25) is 0 Å². The SMILES string of the molecule is CC1=NN(c2ccc(C)c(-c3ncccc3C)c2)C(=O)C1C(=O)Cc1cccc(-c2cccn2C)c1. The van der Waals surface area contributed by atoms with Crippen LogP contribution in [0.15, 0.2) is 84.2 Å². The standard InChI is InChI=1S/C30H28N4O2/c1-19-12-13-24(18-25(19)29-20(2)8-6-14-31-29)34-30(36)28(21(3)32-34)27(35)17-22-9-5-10-23(16-22)26-11-7-15-33(26)4/h5-16,18,28H,17H2,1-4H3. The molecular weight excluding hydrogens is 448 g/mol. The van der Waals surface area contributed by atoms with Gasteiger partial charge in [-0.3, -0.25) is 14.6 Å². The van der Waals surface area contributed by atoms with Crippen LogP contribution in [0.25, 0.3) is 22.5 Å². The molecule has 2 aromatic heterocycles. The second kappa shape index (κ2) is 9.38. The average molecular weight is 477 g/mol. The lowest BCUT2D eigenvalue weighted by Crippen LogP contribution is -2.33. The molecule has 1 amide bonds. The molecule has 1 atom stereocenters. The molecule has 0 saturated carbocycles. The van der Waals surface area contributed by atoms with Gasteiger partial charge >= 0.3 is 0 Å². The van der Waals surface area contributed by atoms with Gasteiger partial charge in [0.25, 0.3) is 5.91 Å². The van der Waals surface area contributed by atoms with Crippen LogP contribution in [0.4, 0.5) is 5.69 Å². The predicted octanol–water partition coefficient (Wildman–Crippen LogP) is 5.52. The fourth-order valence-corrected chi connectivity index (χ4v) is 4.79. The van der Waals surface area contributed by atoms with E-state index in [1.54, 1.807) is 13.1 Å². The number of carbonyl (C=O) groups excluding carboxylic acids is 2. The smallest absolute Gasteiger partial charge is 0.263 e. The van der Waals surface area contributed by atoms with Gasteiger partial charge in [-0.15, -0.1) is 0 Å². The average Bonchev–Trinajstić information content (AvgIpc) is 3.42. The van der Waals surface area contributed by atoms with Crippen LogP contribution in [-0.4, -0.2) is 27.0 Å². The summed E-state index contributed by atoms with van der Waals surface area (Å²) in [5.41, 5.74) is 8.05. The number of rotatable bonds is 6. The fraction of sp³-hybridized carbons (Fsp3) is 0.200. The quantitative estimate of drug-likeness (QED) is 0.344. The van der Waals surface area contributed by atoms with Gasteiger partial charge in [-0.2, -0.15) is 10.1 Å². The number of aryl methyl sites for hydroxylation is 3. The Kier molecular flexibility index (Phi) is 6.10. The van der Waals surface area contributed by atoms with Crippen LogP contribution in [0.1, 0.15) is 23.6 Å². The highest BCUT2D eigenvalue weighted by atomic mass is 16.2. The summed E-state index contributed by atoms with van der Waals surface area (Å²) < 4.78 is 2.04. The lowest BCUT2D eigenvalue weighted by molar-refractivity contribution is -0.128. The van der Waals surface area contributed by atoms with Crippen LogP contribution in [0.3, 0.4) is 0 Å². The third kappa shape index (κ3) is 4.26. The molecule has 1 unspecified atom stereocenters. The minimum atomic E-state index is -0.884. The Morgan fingerprint density at radius 1 is 0.944 bits per heavy atom. The maximum absolute atomic E-state index is 13.4. The van der Waals surface area contributed by atoms with Crippen molar-refractivity contribution >= 4 is 23.1 Å². The number of carbonyl (C=O) groups is 2. The molecule has 0 saturated heterocycles. The molecule has 2 aromatic carbocycles. The molecule has 1 aliphatic heterocycles. The van der Waals surface area contributed by atoms with E-state index in [9.17, 15) is 9.59 Å². The van der Waals surface area contributed by atoms with Gasteiger partial charge in [0, 0.05) is 37.1 Å². The summed E-state index contributed by atoms with van der Waals surface area (Å²) in [4.78, 5) is 31.3. The van der Waals surface area contributed by atoms with Gasteiger partial charge in [-0.1, -0.05) is 30.3 Å². The Morgan fingerprint density at radius 3 is 2.53 bits per heavy atom. The van der Waals surface area contributed by atoms with Crippen molar-refractivity contribution in [3.8, 4) is 22.5 Å². The van der Waals surface area contributed by atoms with E-state index in [2.05, 4.69) is 10.1 Å². The van der Waals surface area contributed by atoms with E-state index >= 15 is 0 Å². The van der Waals surface area contributed by atoms with Crippen molar-refractivity contribution in [3.05, 3.63) is 95.8 Å². The zero-order valence-corrected chi connectivity index (χ0v) is 20.9. The molecule has 0 radical (unpaired) electrons. The third-order valence-corrected chi connectivity index (χ3v) is 6.73. The van der Waals surface area contributed by atoms with E-state index in [1.807, 2.05) is 98.4 Å². The van der Waals surface area contributed by atoms with Crippen molar-refractivity contribution in [1.29, 1.82) is 0 Å². The molecule has 0 N–H and O–H groups in total. The number of hydrogen-bond acceptors (Lipinski definition) is 4. The third-order valence-electron chi connectivity index (χ3n) is 6.73. The largest absolute Gasteiger partial charge is 0.351 e. The highest BCUT2D eigenvalue weighted by molar-refractivity contribution is 6.27. The van der Waals surface area contributed by atoms with Crippen molar-refractivity contribution in [3.63, 3.8) is 0 Å². The molecule has 6 heteroatoms. The lowest BCUT2D eigenvalue weighted by atomic mass is 9.93. The predicted molar refractivity (Wildman–Crippen MR) is 143 cm³/mol. The van der Waals surface area contributed by atoms with Crippen LogP contribution < -0.4 is 5.01 Å². The summed E-state index contributed by atoms with van der Waals surface area (Å²) >= 11 is 0. The zero-order valence-electron chi connectivity index (χ0n) is 20.9. The molecule has 36 heavy (non-hydrogen) atoms. The number of anilines is 1. The topological polar surface area (TPSA) is 67.6 Å². The molecule has 0 spiro atoms. The van der Waals surface area contributed by atoms with Crippen LogP contribution in [0.5, 0.6) is 0 Å². The Balaban J connectivity index is 1.39. The van der Waals surface area contributed by atoms with Crippen LogP contribution in [-0.2, 0) is 23.1 Å². The number of Topliss-reactive ketones (excluding diaryl/α,β-unsaturated/α-hetero) is 1. The summed E-state index contributed by atoms with van der Waals surface area (Å²) in [7, 11) is 1.99. The van der Waals surface area contributed by atoms with Gasteiger partial charge in [0.15, 0.2) is 5.78 Å². The van der Waals surface area contributed by atoms with Gasteiger partial charge < -0.3 is 4.57 Å². The van der Waals surface area contributed by atoms with Crippen molar-refractivity contribution in [2.45, 2.75) is 27.2 Å². The summed E-state index contributed by atoms with van der Waals surface area (Å²) in [6, 6.07) is 21.6. The van der Waals surface area contributed by atoms with Crippen molar-refractivity contribution in [2.24, 2.45) is 18.1 Å². The Bertz CT molecular complexity index is 1510. The first kappa shape index (κ1) is 23.4. The molecule has 0 aliphatic carbocycles. The van der Waals surface area contributed by atoms with Crippen molar-refractivity contribution in [1.82, 2.24) is 9.55 Å². The van der Waals surface area contributed by atoms with E-state index in [4.69, 9.17) is 0 Å². The molecule has 180 valence electrons. The molecule has 6 nitrogen and oxygen atoms in total. The van der Waals surface area contributed by atoms with Crippen molar-refractivity contribution in [2.75, 3.05) is 5.01 Å². The van der Waals surface area contributed by atoms with Crippen LogP contribution in [0, 0.1) is 19.8 Å². The van der Waals surface area contributed by atoms with E-state index in [-0.39, 0.29) is 18.1 Å². The highest BCUT2D eigenvalue weighted by Gasteiger charge is 2.39. The minimum Gasteiger partial charge on any atom is -0.351 e. The maximum Gasteiger partial charge on any atom is 0.263 e. The number of hydrazone groups is 1. The van der Waals surface area contributed by atoms with Gasteiger partial charge in [0.05, 0.1) is 17.1 Å².